The van der Waals surface area contributed by atoms with E-state index in [1.807, 2.05) is 0 Å². The highest BCUT2D eigenvalue weighted by Gasteiger charge is 2.28. The zero-order chi connectivity index (χ0) is 18.6. The Bertz CT molecular complexity index is 747. The van der Waals surface area contributed by atoms with E-state index in [1.165, 1.54) is 0 Å². The lowest BCUT2D eigenvalue weighted by atomic mass is 10.1. The van der Waals surface area contributed by atoms with Gasteiger partial charge in [-0.25, -0.2) is 13.1 Å². The van der Waals surface area contributed by atoms with Gasteiger partial charge in [-0.1, -0.05) is 29.8 Å². The average molecular weight is 407 g/mol. The van der Waals surface area contributed by atoms with Crippen molar-refractivity contribution in [1.29, 1.82) is 0 Å². The maximum atomic E-state index is 12.5. The maximum Gasteiger partial charge on any atom is 0.263 e. The Morgan fingerprint density at radius 3 is 2.60 bits per heavy atom. The number of ether oxygens (including phenoxy) is 1. The third-order valence-electron chi connectivity index (χ3n) is 3.90. The van der Waals surface area contributed by atoms with Crippen LogP contribution in [0.2, 0.25) is 10.0 Å². The van der Waals surface area contributed by atoms with Crippen LogP contribution in [0.1, 0.15) is 19.8 Å². The van der Waals surface area contributed by atoms with E-state index < -0.39 is 16.1 Å². The SMILES string of the molecule is C=CS(=O)(=O)NC1CCN(C(=O)[C@@H](C)Oc2ccc(Cl)cc2Cl)CC1. The summed E-state index contributed by atoms with van der Waals surface area (Å²) in [7, 11) is -3.46. The molecule has 0 spiro atoms. The van der Waals surface area contributed by atoms with Crippen molar-refractivity contribution < 1.29 is 17.9 Å². The number of piperidine rings is 1. The fourth-order valence-corrected chi connectivity index (χ4v) is 3.82. The van der Waals surface area contributed by atoms with Gasteiger partial charge in [0.05, 0.1) is 5.02 Å². The van der Waals surface area contributed by atoms with E-state index in [2.05, 4.69) is 11.3 Å². The van der Waals surface area contributed by atoms with Crippen molar-refractivity contribution in [2.75, 3.05) is 13.1 Å². The second kappa shape index (κ2) is 8.40. The molecular weight excluding hydrogens is 387 g/mol. The largest absolute Gasteiger partial charge is 0.479 e. The number of carbonyl (C=O) groups is 1. The van der Waals surface area contributed by atoms with Gasteiger partial charge in [-0.2, -0.15) is 0 Å². The highest BCUT2D eigenvalue weighted by molar-refractivity contribution is 7.92. The fourth-order valence-electron chi connectivity index (χ4n) is 2.57. The summed E-state index contributed by atoms with van der Waals surface area (Å²) in [6.07, 6.45) is 0.362. The lowest BCUT2D eigenvalue weighted by molar-refractivity contribution is -0.139. The van der Waals surface area contributed by atoms with E-state index in [0.29, 0.717) is 41.7 Å². The molecule has 1 aromatic rings. The summed E-state index contributed by atoms with van der Waals surface area (Å²) in [6.45, 7) is 5.82. The Labute approximate surface area is 157 Å². The van der Waals surface area contributed by atoms with Crippen LogP contribution in [0, 0.1) is 0 Å². The Hall–Kier alpha value is -1.28. The smallest absolute Gasteiger partial charge is 0.263 e. The number of likely N-dealkylation sites (tertiary alicyclic amines) is 1. The van der Waals surface area contributed by atoms with Crippen molar-refractivity contribution in [2.24, 2.45) is 0 Å². The van der Waals surface area contributed by atoms with Crippen molar-refractivity contribution >= 4 is 39.1 Å². The monoisotopic (exact) mass is 406 g/mol. The van der Waals surface area contributed by atoms with Crippen molar-refractivity contribution in [3.63, 3.8) is 0 Å². The molecule has 1 N–H and O–H groups in total. The van der Waals surface area contributed by atoms with Gasteiger partial charge in [0.15, 0.2) is 6.10 Å². The first-order valence-corrected chi connectivity index (χ1v) is 10.1. The second-order valence-corrected chi connectivity index (χ2v) is 8.27. The number of hydrogen-bond acceptors (Lipinski definition) is 4. The molecule has 1 fully saturated rings. The number of halogens is 2. The molecule has 1 atom stereocenters. The van der Waals surface area contributed by atoms with Crippen LogP contribution in [-0.4, -0.2) is 44.5 Å². The number of rotatable bonds is 6. The van der Waals surface area contributed by atoms with E-state index in [-0.39, 0.29) is 11.9 Å². The lowest BCUT2D eigenvalue weighted by Crippen LogP contribution is -2.49. The fraction of sp³-hybridized carbons (Fsp3) is 0.438. The van der Waals surface area contributed by atoms with Gasteiger partial charge < -0.3 is 9.64 Å². The van der Waals surface area contributed by atoms with Crippen LogP contribution in [0.3, 0.4) is 0 Å². The number of hydrogen-bond donors (Lipinski definition) is 1. The molecule has 1 aliphatic heterocycles. The third kappa shape index (κ3) is 5.60. The van der Waals surface area contributed by atoms with Gasteiger partial charge in [0.2, 0.25) is 10.0 Å². The molecule has 138 valence electrons. The number of carbonyl (C=O) groups excluding carboxylic acids is 1. The minimum atomic E-state index is -3.46. The molecule has 1 saturated heterocycles. The summed E-state index contributed by atoms with van der Waals surface area (Å²) in [4.78, 5) is 14.2. The second-order valence-electron chi connectivity index (χ2n) is 5.76. The van der Waals surface area contributed by atoms with Gasteiger partial charge in [-0.15, -0.1) is 0 Å². The van der Waals surface area contributed by atoms with Crippen molar-refractivity contribution in [3.05, 3.63) is 40.2 Å². The van der Waals surface area contributed by atoms with Crippen LogP contribution in [0.15, 0.2) is 30.2 Å². The third-order valence-corrected chi connectivity index (χ3v) is 5.53. The summed E-state index contributed by atoms with van der Waals surface area (Å²) < 4.78 is 31.2. The van der Waals surface area contributed by atoms with Gasteiger partial charge in [0.1, 0.15) is 5.75 Å². The van der Waals surface area contributed by atoms with Gasteiger partial charge in [-0.05, 0) is 38.0 Å². The Balaban J connectivity index is 1.90. The van der Waals surface area contributed by atoms with Crippen LogP contribution < -0.4 is 9.46 Å². The zero-order valence-electron chi connectivity index (χ0n) is 13.7. The molecular formula is C16H20Cl2N2O4S. The summed E-state index contributed by atoms with van der Waals surface area (Å²) in [6, 6.07) is 4.60. The predicted octanol–water partition coefficient (Wildman–Crippen LogP) is 2.81. The van der Waals surface area contributed by atoms with Crippen LogP contribution >= 0.6 is 23.2 Å². The van der Waals surface area contributed by atoms with Crippen LogP contribution in [-0.2, 0) is 14.8 Å². The first-order valence-electron chi connectivity index (χ1n) is 7.77. The molecule has 0 aliphatic carbocycles. The summed E-state index contributed by atoms with van der Waals surface area (Å²) in [5.41, 5.74) is 0. The number of nitrogens with zero attached hydrogens (tertiary/aromatic N) is 1. The predicted molar refractivity (Wildman–Crippen MR) is 98.4 cm³/mol. The molecule has 1 aromatic carbocycles. The van der Waals surface area contributed by atoms with Gasteiger partial charge in [0, 0.05) is 29.6 Å². The van der Waals surface area contributed by atoms with E-state index in [1.54, 1.807) is 30.0 Å². The van der Waals surface area contributed by atoms with E-state index >= 15 is 0 Å². The highest BCUT2D eigenvalue weighted by atomic mass is 35.5. The molecule has 0 radical (unpaired) electrons. The Morgan fingerprint density at radius 2 is 2.04 bits per heavy atom. The molecule has 6 nitrogen and oxygen atoms in total. The van der Waals surface area contributed by atoms with E-state index in [0.717, 1.165) is 5.41 Å². The zero-order valence-corrected chi connectivity index (χ0v) is 16.1. The topological polar surface area (TPSA) is 75.7 Å². The number of benzene rings is 1. The molecule has 0 bridgehead atoms. The van der Waals surface area contributed by atoms with Crippen LogP contribution in [0.25, 0.3) is 0 Å². The van der Waals surface area contributed by atoms with Crippen molar-refractivity contribution in [1.82, 2.24) is 9.62 Å². The molecule has 1 aliphatic rings. The number of amides is 1. The molecule has 2 rings (SSSR count). The van der Waals surface area contributed by atoms with Crippen LogP contribution in [0.4, 0.5) is 0 Å². The Morgan fingerprint density at radius 1 is 1.40 bits per heavy atom. The lowest BCUT2D eigenvalue weighted by Gasteiger charge is -2.33. The van der Waals surface area contributed by atoms with E-state index in [4.69, 9.17) is 27.9 Å². The van der Waals surface area contributed by atoms with Crippen molar-refractivity contribution in [2.45, 2.75) is 31.9 Å². The maximum absolute atomic E-state index is 12.5. The van der Waals surface area contributed by atoms with Gasteiger partial charge in [-0.3, -0.25) is 4.79 Å². The molecule has 0 unspecified atom stereocenters. The number of sulfonamides is 1. The molecule has 0 saturated carbocycles. The first-order chi connectivity index (χ1) is 11.7. The normalized spacial score (nSPS) is 17.2. The van der Waals surface area contributed by atoms with Gasteiger partial charge in [0.25, 0.3) is 5.91 Å². The summed E-state index contributed by atoms with van der Waals surface area (Å²) in [5, 5.41) is 1.71. The molecule has 0 aromatic heterocycles. The number of nitrogens with one attached hydrogen (secondary N) is 1. The molecule has 1 heterocycles. The molecule has 1 amide bonds. The Kier molecular flexibility index (Phi) is 6.73. The quantitative estimate of drug-likeness (QED) is 0.787. The van der Waals surface area contributed by atoms with E-state index in [9.17, 15) is 13.2 Å². The first kappa shape index (κ1) is 20.0. The molecule has 25 heavy (non-hydrogen) atoms. The standard InChI is InChI=1S/C16H20Cl2N2O4S/c1-3-25(22,23)19-13-6-8-20(9-7-13)16(21)11(2)24-15-5-4-12(17)10-14(15)18/h3-5,10-11,13,19H,1,6-9H2,2H3/t11-/m1/s1. The summed E-state index contributed by atoms with van der Waals surface area (Å²) in [5.74, 6) is 0.219. The van der Waals surface area contributed by atoms with Gasteiger partial charge >= 0.3 is 0 Å². The summed E-state index contributed by atoms with van der Waals surface area (Å²) >= 11 is 11.9. The molecule has 9 heteroatoms. The van der Waals surface area contributed by atoms with Crippen molar-refractivity contribution in [3.8, 4) is 5.75 Å². The average Bonchev–Trinajstić information content (AvgIpc) is 2.57. The minimum absolute atomic E-state index is 0.170. The van der Waals surface area contributed by atoms with Crippen LogP contribution in [0.5, 0.6) is 5.75 Å². The highest BCUT2D eigenvalue weighted by Crippen LogP contribution is 2.28. The minimum Gasteiger partial charge on any atom is -0.479 e.